The van der Waals surface area contributed by atoms with E-state index in [1.165, 1.54) is 5.56 Å². The Kier molecular flexibility index (Phi) is 5.09. The van der Waals surface area contributed by atoms with E-state index in [1.807, 2.05) is 26.0 Å². The summed E-state index contributed by atoms with van der Waals surface area (Å²) < 4.78 is 11.1. The van der Waals surface area contributed by atoms with Gasteiger partial charge in [-0.05, 0) is 50.6 Å². The Balaban J connectivity index is 2.05. The second-order valence-corrected chi connectivity index (χ2v) is 5.37. The molecule has 0 aliphatic rings. The molecule has 0 saturated carbocycles. The first-order chi connectivity index (χ1) is 10.1. The van der Waals surface area contributed by atoms with Crippen molar-refractivity contribution in [3.63, 3.8) is 0 Å². The normalized spacial score (nSPS) is 10.5. The molecule has 0 heterocycles. The molecule has 21 heavy (non-hydrogen) atoms. The Bertz CT molecular complexity index is 576. The lowest BCUT2D eigenvalue weighted by Gasteiger charge is -2.15. The van der Waals surface area contributed by atoms with E-state index >= 15 is 0 Å². The number of methoxy groups -OCH3 is 1. The highest BCUT2D eigenvalue weighted by Gasteiger charge is 2.07. The standard InChI is InChI=1S/C18H23NO2/c1-13(2)21-17-10-7-15(11-18(17)20-4)12-19-16-8-5-14(3)6-9-16/h5-11,13,19H,12H2,1-4H3. The molecule has 0 aliphatic carbocycles. The molecule has 2 aromatic rings. The summed E-state index contributed by atoms with van der Waals surface area (Å²) >= 11 is 0. The first kappa shape index (κ1) is 15.2. The van der Waals surface area contributed by atoms with Crippen molar-refractivity contribution in [3.8, 4) is 11.5 Å². The van der Waals surface area contributed by atoms with Crippen LogP contribution in [0.1, 0.15) is 25.0 Å². The molecule has 2 aromatic carbocycles. The summed E-state index contributed by atoms with van der Waals surface area (Å²) in [6.07, 6.45) is 0.135. The summed E-state index contributed by atoms with van der Waals surface area (Å²) in [5, 5.41) is 3.40. The number of nitrogens with one attached hydrogen (secondary N) is 1. The van der Waals surface area contributed by atoms with Gasteiger partial charge in [-0.1, -0.05) is 23.8 Å². The maximum absolute atomic E-state index is 5.72. The Morgan fingerprint density at radius 1 is 1.00 bits per heavy atom. The van der Waals surface area contributed by atoms with Crippen LogP contribution in [0.3, 0.4) is 0 Å². The van der Waals surface area contributed by atoms with Crippen LogP contribution in [0.4, 0.5) is 5.69 Å². The summed E-state index contributed by atoms with van der Waals surface area (Å²) in [7, 11) is 1.67. The lowest BCUT2D eigenvalue weighted by atomic mass is 10.2. The quantitative estimate of drug-likeness (QED) is 0.853. The number of ether oxygens (including phenoxy) is 2. The smallest absolute Gasteiger partial charge is 0.161 e. The summed E-state index contributed by atoms with van der Waals surface area (Å²) in [4.78, 5) is 0. The lowest BCUT2D eigenvalue weighted by molar-refractivity contribution is 0.230. The second kappa shape index (κ2) is 7.02. The second-order valence-electron chi connectivity index (χ2n) is 5.37. The predicted octanol–water partition coefficient (Wildman–Crippen LogP) is 4.40. The van der Waals surface area contributed by atoms with Gasteiger partial charge in [-0.15, -0.1) is 0 Å². The van der Waals surface area contributed by atoms with Crippen molar-refractivity contribution >= 4 is 5.69 Å². The van der Waals surface area contributed by atoms with Gasteiger partial charge >= 0.3 is 0 Å². The Hall–Kier alpha value is -2.16. The van der Waals surface area contributed by atoms with Crippen LogP contribution in [0.15, 0.2) is 42.5 Å². The van der Waals surface area contributed by atoms with Crippen molar-refractivity contribution in [1.82, 2.24) is 0 Å². The van der Waals surface area contributed by atoms with Crippen LogP contribution in [0.5, 0.6) is 11.5 Å². The number of hydrogen-bond donors (Lipinski definition) is 1. The highest BCUT2D eigenvalue weighted by molar-refractivity contribution is 5.47. The number of anilines is 1. The molecule has 0 bridgehead atoms. The van der Waals surface area contributed by atoms with E-state index in [0.717, 1.165) is 29.3 Å². The van der Waals surface area contributed by atoms with Crippen LogP contribution in [0.25, 0.3) is 0 Å². The van der Waals surface area contributed by atoms with Crippen molar-refractivity contribution in [2.75, 3.05) is 12.4 Å². The zero-order valence-corrected chi connectivity index (χ0v) is 13.1. The fourth-order valence-corrected chi connectivity index (χ4v) is 2.05. The maximum atomic E-state index is 5.72. The van der Waals surface area contributed by atoms with E-state index in [-0.39, 0.29) is 6.10 Å². The zero-order valence-electron chi connectivity index (χ0n) is 13.1. The van der Waals surface area contributed by atoms with Gasteiger partial charge in [0.05, 0.1) is 13.2 Å². The maximum Gasteiger partial charge on any atom is 0.161 e. The zero-order chi connectivity index (χ0) is 15.2. The monoisotopic (exact) mass is 285 g/mol. The van der Waals surface area contributed by atoms with Gasteiger partial charge in [0.2, 0.25) is 0 Å². The third kappa shape index (κ3) is 4.42. The Morgan fingerprint density at radius 3 is 2.33 bits per heavy atom. The van der Waals surface area contributed by atoms with Crippen LogP contribution in [0, 0.1) is 6.92 Å². The molecule has 0 fully saturated rings. The minimum absolute atomic E-state index is 0.135. The average Bonchev–Trinajstić information content (AvgIpc) is 2.47. The van der Waals surface area contributed by atoms with Crippen molar-refractivity contribution in [2.24, 2.45) is 0 Å². The molecule has 2 rings (SSSR count). The van der Waals surface area contributed by atoms with Crippen molar-refractivity contribution < 1.29 is 9.47 Å². The highest BCUT2D eigenvalue weighted by Crippen LogP contribution is 2.29. The summed E-state index contributed by atoms with van der Waals surface area (Å²) in [5.74, 6) is 1.55. The molecular weight excluding hydrogens is 262 g/mol. The highest BCUT2D eigenvalue weighted by atomic mass is 16.5. The van der Waals surface area contributed by atoms with Crippen molar-refractivity contribution in [2.45, 2.75) is 33.4 Å². The number of hydrogen-bond acceptors (Lipinski definition) is 3. The van der Waals surface area contributed by atoms with Gasteiger partial charge in [-0.2, -0.15) is 0 Å². The van der Waals surface area contributed by atoms with Gasteiger partial charge < -0.3 is 14.8 Å². The summed E-state index contributed by atoms with van der Waals surface area (Å²) in [6, 6.07) is 14.4. The molecule has 0 atom stereocenters. The summed E-state index contributed by atoms with van der Waals surface area (Å²) in [6.45, 7) is 6.85. The molecular formula is C18H23NO2. The Labute approximate surface area is 126 Å². The van der Waals surface area contributed by atoms with Gasteiger partial charge in [0.15, 0.2) is 11.5 Å². The molecule has 3 nitrogen and oxygen atoms in total. The predicted molar refractivity (Wildman–Crippen MR) is 87.3 cm³/mol. The van der Waals surface area contributed by atoms with Gasteiger partial charge in [-0.25, -0.2) is 0 Å². The molecule has 0 spiro atoms. The minimum Gasteiger partial charge on any atom is -0.493 e. The third-order valence-corrected chi connectivity index (χ3v) is 3.14. The van der Waals surface area contributed by atoms with Gasteiger partial charge in [0.1, 0.15) is 0 Å². The van der Waals surface area contributed by atoms with Crippen LogP contribution in [0.2, 0.25) is 0 Å². The van der Waals surface area contributed by atoms with Crippen molar-refractivity contribution in [3.05, 3.63) is 53.6 Å². The molecule has 0 aromatic heterocycles. The van der Waals surface area contributed by atoms with Crippen LogP contribution in [-0.2, 0) is 6.54 Å². The van der Waals surface area contributed by atoms with Crippen LogP contribution in [-0.4, -0.2) is 13.2 Å². The lowest BCUT2D eigenvalue weighted by Crippen LogP contribution is -2.07. The average molecular weight is 285 g/mol. The van der Waals surface area contributed by atoms with E-state index in [1.54, 1.807) is 7.11 Å². The van der Waals surface area contributed by atoms with Gasteiger partial charge in [-0.3, -0.25) is 0 Å². The van der Waals surface area contributed by atoms with E-state index < -0.39 is 0 Å². The molecule has 0 aliphatic heterocycles. The molecule has 1 N–H and O–H groups in total. The van der Waals surface area contributed by atoms with E-state index in [0.29, 0.717) is 0 Å². The third-order valence-electron chi connectivity index (χ3n) is 3.14. The molecule has 112 valence electrons. The largest absolute Gasteiger partial charge is 0.493 e. The van der Waals surface area contributed by atoms with Gasteiger partial charge in [0.25, 0.3) is 0 Å². The first-order valence-corrected chi connectivity index (χ1v) is 7.22. The number of rotatable bonds is 6. The number of aryl methyl sites for hydroxylation is 1. The topological polar surface area (TPSA) is 30.5 Å². The molecule has 0 unspecified atom stereocenters. The molecule has 0 radical (unpaired) electrons. The fraction of sp³-hybridized carbons (Fsp3) is 0.333. The molecule has 0 amide bonds. The van der Waals surface area contributed by atoms with Gasteiger partial charge in [0, 0.05) is 12.2 Å². The minimum atomic E-state index is 0.135. The van der Waals surface area contributed by atoms with E-state index in [4.69, 9.17) is 9.47 Å². The van der Waals surface area contributed by atoms with E-state index in [9.17, 15) is 0 Å². The SMILES string of the molecule is COc1cc(CNc2ccc(C)cc2)ccc1OC(C)C. The molecule has 3 heteroatoms. The number of benzene rings is 2. The molecule has 0 saturated heterocycles. The Morgan fingerprint density at radius 2 is 1.71 bits per heavy atom. The summed E-state index contributed by atoms with van der Waals surface area (Å²) in [5.41, 5.74) is 3.53. The van der Waals surface area contributed by atoms with Crippen LogP contribution < -0.4 is 14.8 Å². The van der Waals surface area contributed by atoms with Crippen LogP contribution >= 0.6 is 0 Å². The first-order valence-electron chi connectivity index (χ1n) is 7.22. The van der Waals surface area contributed by atoms with E-state index in [2.05, 4.69) is 42.6 Å². The fourth-order valence-electron chi connectivity index (χ4n) is 2.05. The van der Waals surface area contributed by atoms with Crippen molar-refractivity contribution in [1.29, 1.82) is 0 Å².